The van der Waals surface area contributed by atoms with Crippen LogP contribution in [-0.4, -0.2) is 23.4 Å². The van der Waals surface area contributed by atoms with E-state index in [0.717, 1.165) is 17.7 Å². The zero-order valence-electron chi connectivity index (χ0n) is 11.4. The highest BCUT2D eigenvalue weighted by Crippen LogP contribution is 2.19. The van der Waals surface area contributed by atoms with Gasteiger partial charge in [-0.15, -0.1) is 0 Å². The Kier molecular flexibility index (Phi) is 4.79. The maximum Gasteiger partial charge on any atom is 0.282 e. The molecule has 0 amide bonds. The van der Waals surface area contributed by atoms with E-state index < -0.39 is 0 Å². The average molecular weight is 338 g/mol. The summed E-state index contributed by atoms with van der Waals surface area (Å²) in [5.41, 5.74) is 1.66. The van der Waals surface area contributed by atoms with E-state index in [1.54, 1.807) is 20.4 Å². The average Bonchev–Trinajstić information content (AvgIpc) is 2.47. The molecule has 0 unspecified atom stereocenters. The van der Waals surface area contributed by atoms with Crippen LogP contribution in [0.1, 0.15) is 5.56 Å². The molecular formula is C14H16BrN3O2. The lowest BCUT2D eigenvalue weighted by atomic mass is 10.1. The molecule has 0 radical (unpaired) electrons. The van der Waals surface area contributed by atoms with Crippen molar-refractivity contribution in [2.24, 2.45) is 7.05 Å². The van der Waals surface area contributed by atoms with Gasteiger partial charge < -0.3 is 10.1 Å². The first-order valence-electron chi connectivity index (χ1n) is 6.21. The fraction of sp³-hybridized carbons (Fsp3) is 0.286. The fourth-order valence-electron chi connectivity index (χ4n) is 1.88. The van der Waals surface area contributed by atoms with Gasteiger partial charge in [-0.3, -0.25) is 4.79 Å². The van der Waals surface area contributed by atoms with Crippen LogP contribution < -0.4 is 15.6 Å². The molecule has 2 rings (SSSR count). The Balaban J connectivity index is 2.03. The molecule has 0 saturated carbocycles. The normalized spacial score (nSPS) is 10.3. The Labute approximate surface area is 125 Å². The second-order valence-electron chi connectivity index (χ2n) is 4.29. The summed E-state index contributed by atoms with van der Waals surface area (Å²) < 4.78 is 7.09. The van der Waals surface area contributed by atoms with Crippen molar-refractivity contribution in [3.05, 3.63) is 50.9 Å². The minimum Gasteiger partial charge on any atom is -0.496 e. The van der Waals surface area contributed by atoms with Gasteiger partial charge in [0.1, 0.15) is 10.2 Å². The van der Waals surface area contributed by atoms with Gasteiger partial charge in [0.15, 0.2) is 0 Å². The summed E-state index contributed by atoms with van der Waals surface area (Å²) in [5, 5.41) is 7.19. The van der Waals surface area contributed by atoms with Crippen molar-refractivity contribution >= 4 is 21.6 Å². The summed E-state index contributed by atoms with van der Waals surface area (Å²) in [6.45, 7) is 0.688. The molecule has 106 valence electrons. The van der Waals surface area contributed by atoms with Crippen LogP contribution in [0.3, 0.4) is 0 Å². The first kappa shape index (κ1) is 14.6. The van der Waals surface area contributed by atoms with Crippen molar-refractivity contribution in [1.82, 2.24) is 9.78 Å². The van der Waals surface area contributed by atoms with E-state index in [-0.39, 0.29) is 5.56 Å². The molecule has 2 aromatic rings. The van der Waals surface area contributed by atoms with Gasteiger partial charge in [0.2, 0.25) is 0 Å². The topological polar surface area (TPSA) is 56.1 Å². The number of halogens is 1. The number of anilines is 1. The van der Waals surface area contributed by atoms with Crippen molar-refractivity contribution in [2.75, 3.05) is 19.0 Å². The van der Waals surface area contributed by atoms with E-state index >= 15 is 0 Å². The van der Waals surface area contributed by atoms with Gasteiger partial charge in [-0.1, -0.05) is 18.2 Å². The van der Waals surface area contributed by atoms with Crippen molar-refractivity contribution in [2.45, 2.75) is 6.42 Å². The van der Waals surface area contributed by atoms with Gasteiger partial charge in [0.05, 0.1) is 19.0 Å². The molecule has 6 heteroatoms. The minimum atomic E-state index is -0.160. The summed E-state index contributed by atoms with van der Waals surface area (Å²) in [7, 11) is 3.28. The molecular weight excluding hydrogens is 322 g/mol. The zero-order chi connectivity index (χ0) is 14.5. The van der Waals surface area contributed by atoms with Gasteiger partial charge >= 0.3 is 0 Å². The summed E-state index contributed by atoms with van der Waals surface area (Å²) in [4.78, 5) is 11.7. The smallest absolute Gasteiger partial charge is 0.282 e. The van der Waals surface area contributed by atoms with Crippen LogP contribution in [0, 0.1) is 0 Å². The Bertz CT molecular complexity index is 655. The molecule has 1 aromatic heterocycles. The van der Waals surface area contributed by atoms with Crippen LogP contribution in [0.4, 0.5) is 5.69 Å². The second-order valence-corrected chi connectivity index (χ2v) is 5.08. The molecule has 0 aliphatic rings. The number of para-hydroxylation sites is 1. The molecule has 1 heterocycles. The maximum atomic E-state index is 11.7. The van der Waals surface area contributed by atoms with Crippen molar-refractivity contribution in [1.29, 1.82) is 0 Å². The van der Waals surface area contributed by atoms with E-state index in [2.05, 4.69) is 26.3 Å². The molecule has 5 nitrogen and oxygen atoms in total. The molecule has 0 aliphatic heterocycles. The Morgan fingerprint density at radius 2 is 2.15 bits per heavy atom. The van der Waals surface area contributed by atoms with Crippen LogP contribution in [0.2, 0.25) is 0 Å². The van der Waals surface area contributed by atoms with E-state index in [1.165, 1.54) is 4.68 Å². The molecule has 0 spiro atoms. The molecule has 0 aliphatic carbocycles. The van der Waals surface area contributed by atoms with Crippen LogP contribution in [0.15, 0.2) is 39.7 Å². The van der Waals surface area contributed by atoms with Crippen LogP contribution >= 0.6 is 15.9 Å². The maximum absolute atomic E-state index is 11.7. The standard InChI is InChI=1S/C14H16BrN3O2/c1-18-14(19)13(15)11(9-17-18)16-8-7-10-5-3-4-6-12(10)20-2/h3-6,9,16H,7-8H2,1-2H3. The monoisotopic (exact) mass is 337 g/mol. The van der Waals surface area contributed by atoms with Gasteiger partial charge in [0, 0.05) is 13.6 Å². The quantitative estimate of drug-likeness (QED) is 0.908. The highest BCUT2D eigenvalue weighted by molar-refractivity contribution is 9.10. The number of nitrogens with one attached hydrogen (secondary N) is 1. The van der Waals surface area contributed by atoms with Crippen molar-refractivity contribution < 1.29 is 4.74 Å². The second kappa shape index (κ2) is 6.56. The number of methoxy groups -OCH3 is 1. The van der Waals surface area contributed by atoms with Gasteiger partial charge in [0.25, 0.3) is 5.56 Å². The van der Waals surface area contributed by atoms with Crippen LogP contribution in [0.5, 0.6) is 5.75 Å². The number of aryl methyl sites for hydroxylation is 1. The van der Waals surface area contributed by atoms with Gasteiger partial charge in [-0.05, 0) is 34.0 Å². The number of rotatable bonds is 5. The highest BCUT2D eigenvalue weighted by Gasteiger charge is 2.07. The fourth-order valence-corrected chi connectivity index (χ4v) is 2.37. The van der Waals surface area contributed by atoms with E-state index in [9.17, 15) is 4.79 Å². The predicted octanol–water partition coefficient (Wildman–Crippen LogP) is 2.21. The number of nitrogens with zero attached hydrogens (tertiary/aromatic N) is 2. The minimum absolute atomic E-state index is 0.160. The molecule has 0 fully saturated rings. The van der Waals surface area contributed by atoms with Crippen LogP contribution in [-0.2, 0) is 13.5 Å². The lowest BCUT2D eigenvalue weighted by Gasteiger charge is -2.10. The van der Waals surface area contributed by atoms with Crippen molar-refractivity contribution in [3.8, 4) is 5.75 Å². The Hall–Kier alpha value is -1.82. The summed E-state index contributed by atoms with van der Waals surface area (Å²) >= 11 is 3.29. The largest absolute Gasteiger partial charge is 0.496 e. The predicted molar refractivity (Wildman–Crippen MR) is 82.4 cm³/mol. The lowest BCUT2D eigenvalue weighted by molar-refractivity contribution is 0.410. The van der Waals surface area contributed by atoms with E-state index in [4.69, 9.17) is 4.74 Å². The van der Waals surface area contributed by atoms with E-state index in [0.29, 0.717) is 16.7 Å². The number of hydrogen-bond donors (Lipinski definition) is 1. The van der Waals surface area contributed by atoms with Crippen molar-refractivity contribution in [3.63, 3.8) is 0 Å². The lowest BCUT2D eigenvalue weighted by Crippen LogP contribution is -2.21. The molecule has 1 N–H and O–H groups in total. The summed E-state index contributed by atoms with van der Waals surface area (Å²) in [6, 6.07) is 7.88. The molecule has 0 atom stereocenters. The molecule has 0 bridgehead atoms. The first-order valence-corrected chi connectivity index (χ1v) is 7.00. The third-order valence-corrected chi connectivity index (χ3v) is 3.75. The van der Waals surface area contributed by atoms with Crippen LogP contribution in [0.25, 0.3) is 0 Å². The van der Waals surface area contributed by atoms with Gasteiger partial charge in [-0.25, -0.2) is 4.68 Å². The molecule has 0 saturated heterocycles. The molecule has 20 heavy (non-hydrogen) atoms. The number of hydrogen-bond acceptors (Lipinski definition) is 4. The highest BCUT2D eigenvalue weighted by atomic mass is 79.9. The number of ether oxygens (including phenoxy) is 1. The Morgan fingerprint density at radius 1 is 1.40 bits per heavy atom. The Morgan fingerprint density at radius 3 is 2.90 bits per heavy atom. The van der Waals surface area contributed by atoms with Gasteiger partial charge in [-0.2, -0.15) is 5.10 Å². The molecule has 1 aromatic carbocycles. The third-order valence-electron chi connectivity index (χ3n) is 2.98. The SMILES string of the molecule is COc1ccccc1CCNc1cnn(C)c(=O)c1Br. The first-order chi connectivity index (χ1) is 9.63. The summed E-state index contributed by atoms with van der Waals surface area (Å²) in [6.07, 6.45) is 2.43. The zero-order valence-corrected chi connectivity index (χ0v) is 13.0. The third kappa shape index (κ3) is 3.19. The summed E-state index contributed by atoms with van der Waals surface area (Å²) in [5.74, 6) is 0.871. The number of benzene rings is 1. The number of aromatic nitrogens is 2. The van der Waals surface area contributed by atoms with E-state index in [1.807, 2.05) is 24.3 Å².